The van der Waals surface area contributed by atoms with E-state index in [0.29, 0.717) is 18.9 Å². The summed E-state index contributed by atoms with van der Waals surface area (Å²) in [6, 6.07) is 2.42. The van der Waals surface area contributed by atoms with Gasteiger partial charge in [-0.15, -0.1) is 0 Å². The van der Waals surface area contributed by atoms with E-state index in [0.717, 1.165) is 6.07 Å². The van der Waals surface area contributed by atoms with Gasteiger partial charge in [0.15, 0.2) is 6.10 Å². The summed E-state index contributed by atoms with van der Waals surface area (Å²) in [4.78, 5) is 15.1. The molecule has 1 fully saturated rings. The van der Waals surface area contributed by atoms with E-state index >= 15 is 0 Å². The molecule has 2 heterocycles. The Hall–Kier alpha value is -2.23. The molecule has 0 radical (unpaired) electrons. The zero-order chi connectivity index (χ0) is 20.9. The van der Waals surface area contributed by atoms with Crippen molar-refractivity contribution >= 4 is 16.6 Å². The van der Waals surface area contributed by atoms with Gasteiger partial charge in [0.05, 0.1) is 11.6 Å². The van der Waals surface area contributed by atoms with E-state index in [-0.39, 0.29) is 23.0 Å². The lowest BCUT2D eigenvalue weighted by molar-refractivity contribution is -0.211. The van der Waals surface area contributed by atoms with Gasteiger partial charge in [-0.05, 0) is 44.4 Å². The van der Waals surface area contributed by atoms with E-state index in [4.69, 9.17) is 0 Å². The summed E-state index contributed by atoms with van der Waals surface area (Å²) in [7, 11) is 0. The fraction of sp³-hybridized carbons (Fsp3) is 0.500. The molecule has 3 rings (SSSR count). The summed E-state index contributed by atoms with van der Waals surface area (Å²) in [6.07, 6.45) is -11.2. The van der Waals surface area contributed by atoms with Crippen LogP contribution in [0.4, 0.5) is 32.0 Å². The van der Waals surface area contributed by atoms with Crippen LogP contribution in [0.3, 0.4) is 0 Å². The van der Waals surface area contributed by atoms with Crippen LogP contribution in [-0.2, 0) is 6.18 Å². The number of nitrogens with zero attached hydrogens (tertiary/aromatic N) is 1. The van der Waals surface area contributed by atoms with Gasteiger partial charge < -0.3 is 15.0 Å². The molecule has 2 N–H and O–H groups in total. The number of H-pyrrole nitrogens is 1. The standard InChI is InChI=1S/C18H18F6N2O2/c1-9-3-2-4-14(16(28)18(22,23)24)26(9)10-5-6-13-11(7-10)12(17(19,20)21)8-15(27)25-13/h5-9,14,16,28H,2-4H2,1H3,(H,25,27). The molecular weight excluding hydrogens is 390 g/mol. The van der Waals surface area contributed by atoms with E-state index in [1.807, 2.05) is 0 Å². The average molecular weight is 408 g/mol. The molecule has 1 aliphatic heterocycles. The van der Waals surface area contributed by atoms with Gasteiger partial charge in [0.25, 0.3) is 0 Å². The van der Waals surface area contributed by atoms with Gasteiger partial charge in [-0.1, -0.05) is 0 Å². The van der Waals surface area contributed by atoms with Crippen LogP contribution in [0.5, 0.6) is 0 Å². The Morgan fingerprint density at radius 3 is 2.43 bits per heavy atom. The Labute approximate surface area is 155 Å². The van der Waals surface area contributed by atoms with E-state index in [2.05, 4.69) is 4.98 Å². The smallest absolute Gasteiger partial charge is 0.382 e. The fourth-order valence-corrected chi connectivity index (χ4v) is 3.84. The third-order valence-electron chi connectivity index (χ3n) is 5.08. The average Bonchev–Trinajstić information content (AvgIpc) is 2.58. The highest BCUT2D eigenvalue weighted by Crippen LogP contribution is 2.39. The van der Waals surface area contributed by atoms with Gasteiger partial charge in [0.1, 0.15) is 0 Å². The lowest BCUT2D eigenvalue weighted by atomic mass is 9.91. The number of fused-ring (bicyclic) bond motifs is 1. The lowest BCUT2D eigenvalue weighted by Crippen LogP contribution is -2.55. The molecule has 1 saturated heterocycles. The molecule has 10 heteroatoms. The number of hydrogen-bond donors (Lipinski definition) is 2. The zero-order valence-electron chi connectivity index (χ0n) is 14.7. The van der Waals surface area contributed by atoms with Crippen molar-refractivity contribution < 1.29 is 31.4 Å². The lowest BCUT2D eigenvalue weighted by Gasteiger charge is -2.44. The number of halogens is 6. The minimum absolute atomic E-state index is 0.0564. The van der Waals surface area contributed by atoms with E-state index < -0.39 is 41.7 Å². The maximum Gasteiger partial charge on any atom is 0.417 e. The Morgan fingerprint density at radius 2 is 1.82 bits per heavy atom. The Morgan fingerprint density at radius 1 is 1.14 bits per heavy atom. The number of aliphatic hydroxyl groups excluding tert-OH is 1. The van der Waals surface area contributed by atoms with Crippen molar-refractivity contribution in [3.8, 4) is 0 Å². The molecule has 0 bridgehead atoms. The number of anilines is 1. The zero-order valence-corrected chi connectivity index (χ0v) is 14.7. The van der Waals surface area contributed by atoms with Gasteiger partial charge >= 0.3 is 12.4 Å². The number of piperidine rings is 1. The van der Waals surface area contributed by atoms with Crippen molar-refractivity contribution in [3.63, 3.8) is 0 Å². The van der Waals surface area contributed by atoms with Crippen LogP contribution in [0.15, 0.2) is 29.1 Å². The summed E-state index contributed by atoms with van der Waals surface area (Å²) in [6.45, 7) is 1.66. The molecular formula is C18H18F6N2O2. The molecule has 0 spiro atoms. The molecule has 3 unspecified atom stereocenters. The third kappa shape index (κ3) is 3.82. The number of benzene rings is 1. The van der Waals surface area contributed by atoms with Gasteiger partial charge in [-0.25, -0.2) is 0 Å². The first-order valence-corrected chi connectivity index (χ1v) is 8.67. The summed E-state index contributed by atoms with van der Waals surface area (Å²) in [5.74, 6) is 0. The largest absolute Gasteiger partial charge is 0.417 e. The second-order valence-corrected chi connectivity index (χ2v) is 7.02. The number of rotatable bonds is 2. The van der Waals surface area contributed by atoms with Crippen LogP contribution >= 0.6 is 0 Å². The molecule has 0 aliphatic carbocycles. The van der Waals surface area contributed by atoms with E-state index in [9.17, 15) is 36.2 Å². The van der Waals surface area contributed by atoms with Crippen LogP contribution < -0.4 is 10.5 Å². The van der Waals surface area contributed by atoms with Crippen LogP contribution in [0, 0.1) is 0 Å². The predicted molar refractivity (Wildman–Crippen MR) is 91.2 cm³/mol. The number of aromatic amines is 1. The molecule has 3 atom stereocenters. The van der Waals surface area contributed by atoms with Crippen molar-refractivity contribution in [1.29, 1.82) is 0 Å². The summed E-state index contributed by atoms with van der Waals surface area (Å²) in [5, 5.41) is 9.48. The molecule has 28 heavy (non-hydrogen) atoms. The van der Waals surface area contributed by atoms with Crippen molar-refractivity contribution in [2.45, 2.75) is 56.7 Å². The monoisotopic (exact) mass is 408 g/mol. The summed E-state index contributed by atoms with van der Waals surface area (Å²) >= 11 is 0. The first-order valence-electron chi connectivity index (χ1n) is 8.67. The van der Waals surface area contributed by atoms with Crippen LogP contribution in [0.1, 0.15) is 31.7 Å². The Kier molecular flexibility index (Phi) is 5.11. The Bertz CT molecular complexity index is 921. The highest BCUT2D eigenvalue weighted by atomic mass is 19.4. The number of pyridine rings is 1. The minimum atomic E-state index is -4.85. The van der Waals surface area contributed by atoms with Gasteiger partial charge in [0.2, 0.25) is 5.56 Å². The van der Waals surface area contributed by atoms with Crippen molar-refractivity contribution in [2.75, 3.05) is 4.90 Å². The molecule has 2 aromatic rings. The quantitative estimate of drug-likeness (QED) is 0.732. The van der Waals surface area contributed by atoms with Crippen molar-refractivity contribution in [2.24, 2.45) is 0 Å². The number of aromatic nitrogens is 1. The molecule has 1 aliphatic rings. The fourth-order valence-electron chi connectivity index (χ4n) is 3.84. The highest BCUT2D eigenvalue weighted by molar-refractivity contribution is 5.86. The predicted octanol–water partition coefficient (Wildman–Crippen LogP) is 4.22. The van der Waals surface area contributed by atoms with Crippen LogP contribution in [0.25, 0.3) is 10.9 Å². The van der Waals surface area contributed by atoms with Crippen LogP contribution in [0.2, 0.25) is 0 Å². The first-order chi connectivity index (χ1) is 12.9. The second-order valence-electron chi connectivity index (χ2n) is 7.02. The summed E-state index contributed by atoms with van der Waals surface area (Å²) < 4.78 is 79.4. The Balaban J connectivity index is 2.15. The molecule has 4 nitrogen and oxygen atoms in total. The SMILES string of the molecule is CC1CCCC(C(O)C(F)(F)F)N1c1ccc2[nH]c(=O)cc(C(F)(F)F)c2c1. The molecule has 0 amide bonds. The van der Waals surface area contributed by atoms with Gasteiger partial charge in [-0.2, -0.15) is 26.3 Å². The maximum atomic E-state index is 13.4. The molecule has 1 aromatic heterocycles. The van der Waals surface area contributed by atoms with Crippen molar-refractivity contribution in [3.05, 3.63) is 40.2 Å². The number of hydrogen-bond acceptors (Lipinski definition) is 3. The minimum Gasteiger partial charge on any atom is -0.382 e. The summed E-state index contributed by atoms with van der Waals surface area (Å²) in [5.41, 5.74) is -2.03. The van der Waals surface area contributed by atoms with Crippen molar-refractivity contribution in [1.82, 2.24) is 4.98 Å². The number of aliphatic hydroxyl groups is 1. The second kappa shape index (κ2) is 6.98. The van der Waals surface area contributed by atoms with E-state index in [1.165, 1.54) is 17.0 Å². The first kappa shape index (κ1) is 20.5. The van der Waals surface area contributed by atoms with Crippen LogP contribution in [-0.4, -0.2) is 34.5 Å². The number of nitrogens with one attached hydrogen (secondary N) is 1. The number of alkyl halides is 6. The topological polar surface area (TPSA) is 56.3 Å². The molecule has 0 saturated carbocycles. The normalized spacial score (nSPS) is 22.5. The molecule has 1 aromatic carbocycles. The third-order valence-corrected chi connectivity index (χ3v) is 5.08. The highest BCUT2D eigenvalue weighted by Gasteiger charge is 2.47. The van der Waals surface area contributed by atoms with E-state index in [1.54, 1.807) is 6.92 Å². The molecule has 154 valence electrons. The van der Waals surface area contributed by atoms with Gasteiger partial charge in [-0.3, -0.25) is 4.79 Å². The van der Waals surface area contributed by atoms with Gasteiger partial charge in [0, 0.05) is 28.7 Å². The maximum absolute atomic E-state index is 13.4.